The van der Waals surface area contributed by atoms with E-state index in [0.717, 1.165) is 7.14 Å². The van der Waals surface area contributed by atoms with E-state index in [4.69, 9.17) is 4.74 Å². The number of phenols is 1. The van der Waals surface area contributed by atoms with Crippen molar-refractivity contribution < 1.29 is 14.6 Å². The Labute approximate surface area is 168 Å². The molecule has 0 saturated heterocycles. The van der Waals surface area contributed by atoms with Gasteiger partial charge < -0.3 is 9.84 Å². The number of carbonyl (C=O) groups is 1. The van der Waals surface area contributed by atoms with Gasteiger partial charge in [0.05, 0.1) is 21.4 Å². The number of carbonyl (C=O) groups excluding carboxylic acids is 1. The van der Waals surface area contributed by atoms with E-state index in [1.54, 1.807) is 31.4 Å². The highest BCUT2D eigenvalue weighted by molar-refractivity contribution is 14.1. The Bertz CT molecular complexity index is 782. The SMILES string of the molecule is COc1ccc(C(=O)N/N=C/c2cc(I)cc(I)c2O)cc1Br. The molecule has 0 atom stereocenters. The molecule has 0 aliphatic heterocycles. The highest BCUT2D eigenvalue weighted by Gasteiger charge is 2.09. The summed E-state index contributed by atoms with van der Waals surface area (Å²) in [6.45, 7) is 0. The predicted octanol–water partition coefficient (Wildman–Crippen LogP) is 4.14. The van der Waals surface area contributed by atoms with Crippen LogP contribution >= 0.6 is 61.1 Å². The number of nitrogens with one attached hydrogen (secondary N) is 1. The zero-order valence-electron chi connectivity index (χ0n) is 11.8. The molecule has 2 N–H and O–H groups in total. The molecule has 0 spiro atoms. The van der Waals surface area contributed by atoms with E-state index in [1.165, 1.54) is 6.21 Å². The fourth-order valence-electron chi connectivity index (χ4n) is 1.72. The Morgan fingerprint density at radius 2 is 2.09 bits per heavy atom. The molecule has 23 heavy (non-hydrogen) atoms. The smallest absolute Gasteiger partial charge is 0.271 e. The fraction of sp³-hybridized carbons (Fsp3) is 0.0667. The summed E-state index contributed by atoms with van der Waals surface area (Å²) in [6, 6.07) is 8.60. The topological polar surface area (TPSA) is 70.9 Å². The number of amides is 1. The summed E-state index contributed by atoms with van der Waals surface area (Å²) in [7, 11) is 1.55. The van der Waals surface area contributed by atoms with Gasteiger partial charge >= 0.3 is 0 Å². The monoisotopic (exact) mass is 600 g/mol. The predicted molar refractivity (Wildman–Crippen MR) is 109 cm³/mol. The van der Waals surface area contributed by atoms with Crippen LogP contribution in [0.4, 0.5) is 0 Å². The second-order valence-electron chi connectivity index (χ2n) is 4.37. The van der Waals surface area contributed by atoms with E-state index in [0.29, 0.717) is 21.3 Å². The number of hydrogen-bond donors (Lipinski definition) is 2. The van der Waals surface area contributed by atoms with Gasteiger partial charge in [0.1, 0.15) is 11.5 Å². The van der Waals surface area contributed by atoms with Gasteiger partial charge in [0.2, 0.25) is 0 Å². The average Bonchev–Trinajstić information content (AvgIpc) is 2.51. The van der Waals surface area contributed by atoms with Crippen molar-refractivity contribution in [2.24, 2.45) is 5.10 Å². The minimum Gasteiger partial charge on any atom is -0.506 e. The summed E-state index contributed by atoms with van der Waals surface area (Å²) in [5.74, 6) is 0.420. The lowest BCUT2D eigenvalue weighted by atomic mass is 10.2. The maximum absolute atomic E-state index is 12.1. The number of nitrogens with zero attached hydrogens (tertiary/aromatic N) is 1. The third-order valence-corrected chi connectivity index (χ3v) is 4.91. The molecule has 120 valence electrons. The summed E-state index contributed by atoms with van der Waals surface area (Å²) in [5.41, 5.74) is 3.41. The molecule has 0 unspecified atom stereocenters. The van der Waals surface area contributed by atoms with Crippen molar-refractivity contribution in [2.45, 2.75) is 0 Å². The molecule has 2 aromatic rings. The van der Waals surface area contributed by atoms with E-state index in [-0.39, 0.29) is 11.7 Å². The van der Waals surface area contributed by atoms with E-state index < -0.39 is 0 Å². The van der Waals surface area contributed by atoms with Crippen molar-refractivity contribution >= 4 is 73.2 Å². The first-order valence-corrected chi connectivity index (χ1v) is 9.22. The van der Waals surface area contributed by atoms with Crippen LogP contribution in [-0.4, -0.2) is 24.3 Å². The summed E-state index contributed by atoms with van der Waals surface area (Å²) < 4.78 is 7.49. The van der Waals surface area contributed by atoms with Gasteiger partial charge in [-0.1, -0.05) is 0 Å². The Hall–Kier alpha value is -0.880. The average molecular weight is 601 g/mol. The fourth-order valence-corrected chi connectivity index (χ4v) is 4.15. The lowest BCUT2D eigenvalue weighted by Crippen LogP contribution is -2.17. The van der Waals surface area contributed by atoms with E-state index in [2.05, 4.69) is 49.0 Å². The van der Waals surface area contributed by atoms with Crippen LogP contribution < -0.4 is 10.2 Å². The van der Waals surface area contributed by atoms with E-state index >= 15 is 0 Å². The standard InChI is InChI=1S/C15H11BrI2N2O3/c1-23-13-3-2-8(5-11(13)16)15(22)20-19-7-9-4-10(17)6-12(18)14(9)21/h2-7,21H,1H3,(H,20,22)/b19-7+. The van der Waals surface area contributed by atoms with E-state index in [1.807, 2.05) is 28.7 Å². The zero-order chi connectivity index (χ0) is 17.0. The molecule has 0 aromatic heterocycles. The van der Waals surface area contributed by atoms with Crippen molar-refractivity contribution in [1.82, 2.24) is 5.43 Å². The number of benzene rings is 2. The van der Waals surface area contributed by atoms with Gasteiger partial charge in [0.25, 0.3) is 5.91 Å². The molecule has 0 heterocycles. The minimum absolute atomic E-state index is 0.135. The van der Waals surface area contributed by atoms with Gasteiger partial charge in [-0.3, -0.25) is 4.79 Å². The molecule has 0 saturated carbocycles. The molecule has 8 heteroatoms. The van der Waals surface area contributed by atoms with Crippen molar-refractivity contribution in [3.63, 3.8) is 0 Å². The molecule has 0 aliphatic rings. The number of ether oxygens (including phenoxy) is 1. The van der Waals surface area contributed by atoms with Crippen LogP contribution in [0.2, 0.25) is 0 Å². The van der Waals surface area contributed by atoms with Crippen molar-refractivity contribution in [3.05, 3.63) is 53.1 Å². The minimum atomic E-state index is -0.357. The largest absolute Gasteiger partial charge is 0.506 e. The number of methoxy groups -OCH3 is 1. The molecule has 1 amide bonds. The van der Waals surface area contributed by atoms with Crippen LogP contribution in [-0.2, 0) is 0 Å². The van der Waals surface area contributed by atoms with Gasteiger partial charge in [0.15, 0.2) is 0 Å². The van der Waals surface area contributed by atoms with Crippen LogP contribution in [0.25, 0.3) is 0 Å². The molecule has 0 aliphatic carbocycles. The van der Waals surface area contributed by atoms with Crippen molar-refractivity contribution in [2.75, 3.05) is 7.11 Å². The first-order valence-electron chi connectivity index (χ1n) is 6.27. The highest BCUT2D eigenvalue weighted by atomic mass is 127. The molecular formula is C15H11BrI2N2O3. The van der Waals surface area contributed by atoms with Gasteiger partial charge in [-0.2, -0.15) is 5.10 Å². The zero-order valence-corrected chi connectivity index (χ0v) is 17.7. The number of aromatic hydroxyl groups is 1. The second-order valence-corrected chi connectivity index (χ2v) is 7.64. The lowest BCUT2D eigenvalue weighted by Gasteiger charge is -2.05. The lowest BCUT2D eigenvalue weighted by molar-refractivity contribution is 0.0955. The van der Waals surface area contributed by atoms with Gasteiger partial charge in [-0.05, 0) is 91.4 Å². The van der Waals surface area contributed by atoms with Crippen LogP contribution in [0.1, 0.15) is 15.9 Å². The van der Waals surface area contributed by atoms with Crippen molar-refractivity contribution in [3.8, 4) is 11.5 Å². The quantitative estimate of drug-likeness (QED) is 0.315. The first-order chi connectivity index (χ1) is 10.9. The Morgan fingerprint density at radius 3 is 2.74 bits per heavy atom. The maximum atomic E-state index is 12.1. The van der Waals surface area contributed by atoms with Gasteiger partial charge in [-0.15, -0.1) is 0 Å². The summed E-state index contributed by atoms with van der Waals surface area (Å²) in [6.07, 6.45) is 1.41. The Balaban J connectivity index is 2.11. The summed E-state index contributed by atoms with van der Waals surface area (Å²) in [5, 5.41) is 13.9. The molecular weight excluding hydrogens is 590 g/mol. The third-order valence-electron chi connectivity index (χ3n) is 2.84. The molecule has 0 fully saturated rings. The van der Waals surface area contributed by atoms with Gasteiger partial charge in [-0.25, -0.2) is 5.43 Å². The first kappa shape index (κ1) is 18.5. The van der Waals surface area contributed by atoms with Gasteiger partial charge in [0, 0.05) is 14.7 Å². The molecule has 2 rings (SSSR count). The van der Waals surface area contributed by atoms with Crippen LogP contribution in [0.15, 0.2) is 39.9 Å². The molecule has 2 aromatic carbocycles. The molecule has 0 radical (unpaired) electrons. The maximum Gasteiger partial charge on any atom is 0.271 e. The van der Waals surface area contributed by atoms with Crippen LogP contribution in [0.5, 0.6) is 11.5 Å². The van der Waals surface area contributed by atoms with E-state index in [9.17, 15) is 9.90 Å². The number of phenolic OH excluding ortho intramolecular Hbond substituents is 1. The number of halogens is 3. The summed E-state index contributed by atoms with van der Waals surface area (Å²) in [4.78, 5) is 12.1. The third kappa shape index (κ3) is 4.80. The molecule has 0 bridgehead atoms. The highest BCUT2D eigenvalue weighted by Crippen LogP contribution is 2.26. The number of hydrazone groups is 1. The molecule has 5 nitrogen and oxygen atoms in total. The Kier molecular flexibility index (Phi) is 6.65. The second kappa shape index (κ2) is 8.29. The normalized spacial score (nSPS) is 10.8. The number of rotatable bonds is 4. The number of hydrogen-bond acceptors (Lipinski definition) is 4. The Morgan fingerprint density at radius 1 is 1.35 bits per heavy atom. The van der Waals surface area contributed by atoms with Crippen molar-refractivity contribution in [1.29, 1.82) is 0 Å². The van der Waals surface area contributed by atoms with Crippen LogP contribution in [0, 0.1) is 7.14 Å². The summed E-state index contributed by atoms with van der Waals surface area (Å²) >= 11 is 7.52. The van der Waals surface area contributed by atoms with Crippen LogP contribution in [0.3, 0.4) is 0 Å².